The monoisotopic (exact) mass is 327 g/mol. The molecule has 0 aromatic heterocycles. The fraction of sp³-hybridized carbons (Fsp3) is 0.500. The Kier molecular flexibility index (Phi) is 4.82. The van der Waals surface area contributed by atoms with Crippen LogP contribution in [0.15, 0.2) is 22.7 Å². The number of methoxy groups -OCH3 is 1. The highest BCUT2D eigenvalue weighted by molar-refractivity contribution is 9.10. The molecule has 1 aliphatic rings. The Balaban J connectivity index is 2.23. The number of benzene rings is 1. The maximum atomic E-state index is 11.6. The van der Waals surface area contributed by atoms with Gasteiger partial charge in [-0.15, -0.1) is 0 Å². The number of carbonyl (C=O) groups excluding carboxylic acids is 1. The highest BCUT2D eigenvalue weighted by Crippen LogP contribution is 2.25. The van der Waals surface area contributed by atoms with E-state index in [2.05, 4.69) is 20.8 Å². The second-order valence-corrected chi connectivity index (χ2v) is 5.68. The quantitative estimate of drug-likeness (QED) is 0.848. The van der Waals surface area contributed by atoms with Crippen LogP contribution < -0.4 is 4.90 Å². The van der Waals surface area contributed by atoms with Crippen molar-refractivity contribution in [2.75, 3.05) is 25.1 Å². The van der Waals surface area contributed by atoms with Crippen LogP contribution >= 0.6 is 15.9 Å². The number of anilines is 1. The lowest BCUT2D eigenvalue weighted by Gasteiger charge is -2.23. The van der Waals surface area contributed by atoms with E-state index in [1.54, 1.807) is 6.07 Å². The van der Waals surface area contributed by atoms with E-state index in [1.165, 1.54) is 7.11 Å². The zero-order chi connectivity index (χ0) is 13.8. The smallest absolute Gasteiger partial charge is 0.337 e. The third kappa shape index (κ3) is 3.70. The Morgan fingerprint density at radius 1 is 1.37 bits per heavy atom. The van der Waals surface area contributed by atoms with Crippen molar-refractivity contribution < 1.29 is 14.6 Å². The number of rotatable bonds is 2. The summed E-state index contributed by atoms with van der Waals surface area (Å²) in [5, 5.41) is 9.68. The summed E-state index contributed by atoms with van der Waals surface area (Å²) < 4.78 is 5.61. The second-order valence-electron chi connectivity index (χ2n) is 4.76. The third-order valence-corrected chi connectivity index (χ3v) is 3.82. The van der Waals surface area contributed by atoms with Gasteiger partial charge in [-0.3, -0.25) is 0 Å². The molecule has 1 fully saturated rings. The van der Waals surface area contributed by atoms with Crippen molar-refractivity contribution in [2.24, 2.45) is 0 Å². The van der Waals surface area contributed by atoms with Gasteiger partial charge < -0.3 is 14.7 Å². The largest absolute Gasteiger partial charge is 0.465 e. The molecule has 2 rings (SSSR count). The molecule has 19 heavy (non-hydrogen) atoms. The van der Waals surface area contributed by atoms with E-state index < -0.39 is 0 Å². The van der Waals surface area contributed by atoms with Gasteiger partial charge in [-0.25, -0.2) is 4.79 Å². The molecule has 5 heteroatoms. The van der Waals surface area contributed by atoms with Gasteiger partial charge in [0, 0.05) is 23.2 Å². The molecule has 1 atom stereocenters. The normalized spacial score (nSPS) is 19.9. The summed E-state index contributed by atoms with van der Waals surface area (Å²) >= 11 is 3.42. The van der Waals surface area contributed by atoms with Crippen molar-refractivity contribution in [3.05, 3.63) is 28.2 Å². The van der Waals surface area contributed by atoms with E-state index in [0.29, 0.717) is 5.56 Å². The third-order valence-electron chi connectivity index (χ3n) is 3.37. The first kappa shape index (κ1) is 14.3. The molecule has 104 valence electrons. The topological polar surface area (TPSA) is 49.8 Å². The number of carbonyl (C=O) groups is 1. The van der Waals surface area contributed by atoms with E-state index in [4.69, 9.17) is 4.74 Å². The number of aliphatic hydroxyl groups is 1. The van der Waals surface area contributed by atoms with Gasteiger partial charge in [0.15, 0.2) is 0 Å². The first-order valence-electron chi connectivity index (χ1n) is 6.42. The number of hydrogen-bond donors (Lipinski definition) is 1. The molecule has 4 nitrogen and oxygen atoms in total. The van der Waals surface area contributed by atoms with Crippen LogP contribution in [0.5, 0.6) is 0 Å². The molecule has 0 bridgehead atoms. The molecule has 1 N–H and O–H groups in total. The number of halogens is 1. The van der Waals surface area contributed by atoms with E-state index in [9.17, 15) is 9.90 Å². The summed E-state index contributed by atoms with van der Waals surface area (Å²) in [6.07, 6.45) is 2.35. The summed E-state index contributed by atoms with van der Waals surface area (Å²) in [5.41, 5.74) is 1.53. The molecule has 1 aromatic carbocycles. The van der Waals surface area contributed by atoms with E-state index in [0.717, 1.165) is 42.5 Å². The Hall–Kier alpha value is -1.07. The zero-order valence-electron chi connectivity index (χ0n) is 10.9. The Morgan fingerprint density at radius 3 is 2.89 bits per heavy atom. The van der Waals surface area contributed by atoms with Gasteiger partial charge >= 0.3 is 5.97 Å². The van der Waals surface area contributed by atoms with Crippen molar-refractivity contribution >= 4 is 27.6 Å². The fourth-order valence-corrected chi connectivity index (χ4v) is 2.81. The first-order chi connectivity index (χ1) is 9.10. The van der Waals surface area contributed by atoms with Crippen molar-refractivity contribution in [1.29, 1.82) is 0 Å². The molecular weight excluding hydrogens is 310 g/mol. The minimum atomic E-state index is -0.336. The Bertz CT molecular complexity index is 464. The molecule has 1 unspecified atom stereocenters. The SMILES string of the molecule is COC(=O)c1cc(Br)cc(N2CCCC(O)CC2)c1. The fourth-order valence-electron chi connectivity index (χ4n) is 2.33. The van der Waals surface area contributed by atoms with Crippen LogP contribution in [0.4, 0.5) is 5.69 Å². The van der Waals surface area contributed by atoms with Crippen LogP contribution in [0.1, 0.15) is 29.6 Å². The molecule has 0 aliphatic carbocycles. The average molecular weight is 328 g/mol. The van der Waals surface area contributed by atoms with Crippen LogP contribution in [0.25, 0.3) is 0 Å². The lowest BCUT2D eigenvalue weighted by molar-refractivity contribution is 0.0600. The molecular formula is C14H18BrNO3. The van der Waals surface area contributed by atoms with Crippen molar-refractivity contribution in [2.45, 2.75) is 25.4 Å². The highest BCUT2D eigenvalue weighted by atomic mass is 79.9. The van der Waals surface area contributed by atoms with Crippen LogP contribution in [0, 0.1) is 0 Å². The Labute approximate surface area is 121 Å². The highest BCUT2D eigenvalue weighted by Gasteiger charge is 2.17. The lowest BCUT2D eigenvalue weighted by Crippen LogP contribution is -2.25. The summed E-state index contributed by atoms with van der Waals surface area (Å²) in [6, 6.07) is 5.58. The van der Waals surface area contributed by atoms with Gasteiger partial charge in [-0.05, 0) is 37.5 Å². The molecule has 0 amide bonds. The number of esters is 1. The predicted octanol–water partition coefficient (Wildman–Crippen LogP) is 2.59. The summed E-state index contributed by atoms with van der Waals surface area (Å²) in [4.78, 5) is 13.8. The standard InChI is InChI=1S/C14H18BrNO3/c1-19-14(18)10-7-11(15)9-12(8-10)16-5-2-3-13(17)4-6-16/h7-9,13,17H,2-6H2,1H3. The van der Waals surface area contributed by atoms with E-state index in [-0.39, 0.29) is 12.1 Å². The molecule has 0 spiro atoms. The van der Waals surface area contributed by atoms with Crippen LogP contribution in [-0.2, 0) is 4.74 Å². The van der Waals surface area contributed by atoms with Gasteiger partial charge in [-0.2, -0.15) is 0 Å². The van der Waals surface area contributed by atoms with Crippen LogP contribution in [0.3, 0.4) is 0 Å². The molecule has 1 heterocycles. The van der Waals surface area contributed by atoms with Gasteiger partial charge in [-0.1, -0.05) is 15.9 Å². The van der Waals surface area contributed by atoms with Gasteiger partial charge in [0.1, 0.15) is 0 Å². The number of aliphatic hydroxyl groups excluding tert-OH is 1. The minimum absolute atomic E-state index is 0.211. The maximum Gasteiger partial charge on any atom is 0.337 e. The van der Waals surface area contributed by atoms with Crippen molar-refractivity contribution in [3.8, 4) is 0 Å². The number of ether oxygens (including phenoxy) is 1. The maximum absolute atomic E-state index is 11.6. The van der Waals surface area contributed by atoms with Crippen LogP contribution in [0.2, 0.25) is 0 Å². The van der Waals surface area contributed by atoms with Crippen LogP contribution in [-0.4, -0.2) is 37.4 Å². The average Bonchev–Trinajstić information content (AvgIpc) is 2.62. The van der Waals surface area contributed by atoms with E-state index in [1.807, 2.05) is 12.1 Å². The lowest BCUT2D eigenvalue weighted by atomic mass is 10.2. The predicted molar refractivity (Wildman–Crippen MR) is 77.6 cm³/mol. The molecule has 1 aliphatic heterocycles. The number of nitrogens with zero attached hydrogens (tertiary/aromatic N) is 1. The summed E-state index contributed by atoms with van der Waals surface area (Å²) in [7, 11) is 1.38. The summed E-state index contributed by atoms with van der Waals surface area (Å²) in [5.74, 6) is -0.336. The van der Waals surface area contributed by atoms with E-state index >= 15 is 0 Å². The molecule has 1 aromatic rings. The second kappa shape index (κ2) is 6.39. The van der Waals surface area contributed by atoms with Gasteiger partial charge in [0.05, 0.1) is 18.8 Å². The molecule has 1 saturated heterocycles. The Morgan fingerprint density at radius 2 is 2.16 bits per heavy atom. The number of hydrogen-bond acceptors (Lipinski definition) is 4. The first-order valence-corrected chi connectivity index (χ1v) is 7.21. The van der Waals surface area contributed by atoms with Crippen molar-refractivity contribution in [1.82, 2.24) is 0 Å². The summed E-state index contributed by atoms with van der Waals surface area (Å²) in [6.45, 7) is 1.70. The minimum Gasteiger partial charge on any atom is -0.465 e. The molecule has 0 radical (unpaired) electrons. The van der Waals surface area contributed by atoms with Crippen molar-refractivity contribution in [3.63, 3.8) is 0 Å². The van der Waals surface area contributed by atoms with Gasteiger partial charge in [0.2, 0.25) is 0 Å². The van der Waals surface area contributed by atoms with Gasteiger partial charge in [0.25, 0.3) is 0 Å². The molecule has 0 saturated carbocycles. The zero-order valence-corrected chi connectivity index (χ0v) is 12.5.